The van der Waals surface area contributed by atoms with Crippen molar-refractivity contribution in [1.29, 1.82) is 0 Å². The molecule has 1 unspecified atom stereocenters. The molecular formula is C11H22N4O2. The average molecular weight is 242 g/mol. The van der Waals surface area contributed by atoms with Gasteiger partial charge in [0.25, 0.3) is 0 Å². The summed E-state index contributed by atoms with van der Waals surface area (Å²) in [5.41, 5.74) is 5.15. The fraction of sp³-hybridized carbons (Fsp3) is 0.818. The molecule has 0 spiro atoms. The van der Waals surface area contributed by atoms with Crippen LogP contribution >= 0.6 is 0 Å². The Balaban J connectivity index is 2.90. The third-order valence-electron chi connectivity index (χ3n) is 2.71. The van der Waals surface area contributed by atoms with Gasteiger partial charge in [-0.05, 0) is 25.8 Å². The molecule has 1 heterocycles. The second kappa shape index (κ2) is 6.68. The molecule has 3 N–H and O–H groups in total. The molecule has 6 heteroatoms. The minimum atomic E-state index is -1.05. The second-order valence-electron chi connectivity index (χ2n) is 4.20. The lowest BCUT2D eigenvalue weighted by molar-refractivity contribution is -0.0492. The molecule has 1 rings (SSSR count). The maximum Gasteiger partial charge on any atom is 0.131 e. The Bertz CT molecular complexity index is 329. The Kier molecular flexibility index (Phi) is 5.54. The molecule has 98 valence electrons. The third-order valence-corrected chi connectivity index (χ3v) is 2.71. The molecule has 0 amide bonds. The van der Waals surface area contributed by atoms with Crippen LogP contribution in [0.3, 0.4) is 0 Å². The van der Waals surface area contributed by atoms with Crippen LogP contribution in [0.25, 0.3) is 0 Å². The first-order valence-electron chi connectivity index (χ1n) is 5.98. The number of aromatic nitrogens is 3. The van der Waals surface area contributed by atoms with Gasteiger partial charge in [0.1, 0.15) is 5.60 Å². The van der Waals surface area contributed by atoms with Crippen LogP contribution in [0.5, 0.6) is 0 Å². The van der Waals surface area contributed by atoms with Crippen LogP contribution in [-0.4, -0.2) is 40.4 Å². The summed E-state index contributed by atoms with van der Waals surface area (Å²) in [7, 11) is 1.57. The van der Waals surface area contributed by atoms with E-state index in [0.29, 0.717) is 18.7 Å². The van der Waals surface area contributed by atoms with Crippen molar-refractivity contribution in [3.63, 3.8) is 0 Å². The predicted octanol–water partition coefficient (Wildman–Crippen LogP) is 0.261. The van der Waals surface area contributed by atoms with E-state index in [9.17, 15) is 5.11 Å². The lowest BCUT2D eigenvalue weighted by Crippen LogP contribution is -2.34. The van der Waals surface area contributed by atoms with Crippen molar-refractivity contribution in [3.8, 4) is 0 Å². The van der Waals surface area contributed by atoms with Crippen molar-refractivity contribution >= 4 is 0 Å². The molecule has 0 radical (unpaired) electrons. The number of nitrogens with zero attached hydrogens (tertiary/aromatic N) is 3. The van der Waals surface area contributed by atoms with E-state index in [-0.39, 0.29) is 6.61 Å². The van der Waals surface area contributed by atoms with E-state index in [1.165, 1.54) is 0 Å². The fourth-order valence-corrected chi connectivity index (χ4v) is 1.90. The van der Waals surface area contributed by atoms with Gasteiger partial charge in [-0.2, -0.15) is 0 Å². The molecule has 0 fully saturated rings. The zero-order chi connectivity index (χ0) is 12.7. The van der Waals surface area contributed by atoms with E-state index >= 15 is 0 Å². The number of aryl methyl sites for hydroxylation is 1. The molecule has 0 saturated carbocycles. The summed E-state index contributed by atoms with van der Waals surface area (Å²) in [4.78, 5) is 0. The van der Waals surface area contributed by atoms with Crippen LogP contribution in [0.15, 0.2) is 6.20 Å². The number of aliphatic hydroxyl groups is 1. The van der Waals surface area contributed by atoms with Gasteiger partial charge in [0.2, 0.25) is 0 Å². The molecule has 1 atom stereocenters. The summed E-state index contributed by atoms with van der Waals surface area (Å²) in [6.45, 7) is 3.57. The molecule has 0 aliphatic carbocycles. The molecule has 17 heavy (non-hydrogen) atoms. The van der Waals surface area contributed by atoms with Crippen molar-refractivity contribution in [2.75, 3.05) is 20.3 Å². The third kappa shape index (κ3) is 3.49. The van der Waals surface area contributed by atoms with E-state index in [4.69, 9.17) is 10.5 Å². The van der Waals surface area contributed by atoms with Gasteiger partial charge in [-0.3, -0.25) is 0 Å². The van der Waals surface area contributed by atoms with Crippen molar-refractivity contribution in [2.45, 2.75) is 38.3 Å². The van der Waals surface area contributed by atoms with E-state index in [0.717, 1.165) is 19.4 Å². The van der Waals surface area contributed by atoms with E-state index in [1.807, 2.05) is 0 Å². The lowest BCUT2D eigenvalue weighted by Gasteiger charge is -2.27. The van der Waals surface area contributed by atoms with Gasteiger partial charge in [-0.25, -0.2) is 4.68 Å². The highest BCUT2D eigenvalue weighted by Crippen LogP contribution is 2.26. The topological polar surface area (TPSA) is 86.2 Å². The smallest absolute Gasteiger partial charge is 0.131 e. The second-order valence-corrected chi connectivity index (χ2v) is 4.20. The minimum Gasteiger partial charge on any atom is -0.381 e. The van der Waals surface area contributed by atoms with Gasteiger partial charge in [-0.1, -0.05) is 12.1 Å². The highest BCUT2D eigenvalue weighted by molar-refractivity contribution is 5.08. The highest BCUT2D eigenvalue weighted by Gasteiger charge is 2.32. The number of rotatable bonds is 8. The molecule has 6 nitrogen and oxygen atoms in total. The van der Waals surface area contributed by atoms with Crippen LogP contribution in [-0.2, 0) is 16.9 Å². The maximum atomic E-state index is 10.6. The number of hydrogen-bond acceptors (Lipinski definition) is 5. The van der Waals surface area contributed by atoms with E-state index in [2.05, 4.69) is 17.2 Å². The summed E-state index contributed by atoms with van der Waals surface area (Å²) in [5.74, 6) is 0. The largest absolute Gasteiger partial charge is 0.381 e. The standard InChI is InChI=1S/C11H22N4O2/c1-3-7-15-10(8-13-14-15)11(16,9-17-2)5-4-6-12/h8,16H,3-7,9,12H2,1-2H3. The van der Waals surface area contributed by atoms with Crippen LogP contribution in [0.4, 0.5) is 0 Å². The van der Waals surface area contributed by atoms with Gasteiger partial charge < -0.3 is 15.6 Å². The van der Waals surface area contributed by atoms with Gasteiger partial charge in [0, 0.05) is 13.7 Å². The number of hydrogen-bond donors (Lipinski definition) is 2. The molecule has 0 bridgehead atoms. The Labute approximate surface area is 102 Å². The summed E-state index contributed by atoms with van der Waals surface area (Å²) in [5, 5.41) is 18.5. The molecule has 0 aliphatic heterocycles. The van der Waals surface area contributed by atoms with E-state index in [1.54, 1.807) is 18.0 Å². The zero-order valence-corrected chi connectivity index (χ0v) is 10.6. The van der Waals surface area contributed by atoms with Crippen LogP contribution < -0.4 is 5.73 Å². The lowest BCUT2D eigenvalue weighted by atomic mass is 9.95. The Morgan fingerprint density at radius 2 is 2.35 bits per heavy atom. The van der Waals surface area contributed by atoms with Gasteiger partial charge >= 0.3 is 0 Å². The summed E-state index contributed by atoms with van der Waals surface area (Å²) in [6.07, 6.45) is 3.83. The molecule has 1 aromatic heterocycles. The monoisotopic (exact) mass is 242 g/mol. The van der Waals surface area contributed by atoms with Crippen molar-refractivity contribution in [2.24, 2.45) is 5.73 Å². The van der Waals surface area contributed by atoms with Crippen LogP contribution in [0.1, 0.15) is 31.9 Å². The molecule has 1 aromatic rings. The summed E-state index contributed by atoms with van der Waals surface area (Å²) < 4.78 is 6.83. The molecule has 0 aliphatic rings. The number of ether oxygens (including phenoxy) is 1. The highest BCUT2D eigenvalue weighted by atomic mass is 16.5. The average Bonchev–Trinajstić information content (AvgIpc) is 2.76. The summed E-state index contributed by atoms with van der Waals surface area (Å²) >= 11 is 0. The quantitative estimate of drug-likeness (QED) is 0.683. The van der Waals surface area contributed by atoms with Crippen molar-refractivity contribution < 1.29 is 9.84 Å². The first kappa shape index (κ1) is 14.1. The Morgan fingerprint density at radius 1 is 1.59 bits per heavy atom. The van der Waals surface area contributed by atoms with Crippen molar-refractivity contribution in [3.05, 3.63) is 11.9 Å². The SMILES string of the molecule is CCCn1nncc1C(O)(CCCN)COC. The fourth-order valence-electron chi connectivity index (χ4n) is 1.90. The van der Waals surface area contributed by atoms with Gasteiger partial charge in [0.15, 0.2) is 0 Å². The minimum absolute atomic E-state index is 0.226. The Morgan fingerprint density at radius 3 is 2.94 bits per heavy atom. The molecular weight excluding hydrogens is 220 g/mol. The zero-order valence-electron chi connectivity index (χ0n) is 10.6. The van der Waals surface area contributed by atoms with Gasteiger partial charge in [-0.15, -0.1) is 5.10 Å². The Hall–Kier alpha value is -0.980. The van der Waals surface area contributed by atoms with E-state index < -0.39 is 5.60 Å². The summed E-state index contributed by atoms with van der Waals surface area (Å²) in [6, 6.07) is 0. The van der Waals surface area contributed by atoms with Crippen molar-refractivity contribution in [1.82, 2.24) is 15.0 Å². The number of methoxy groups -OCH3 is 1. The normalized spacial score (nSPS) is 14.8. The number of nitrogens with two attached hydrogens (primary N) is 1. The van der Waals surface area contributed by atoms with Crippen LogP contribution in [0, 0.1) is 0 Å². The molecule has 0 saturated heterocycles. The predicted molar refractivity (Wildman–Crippen MR) is 64.4 cm³/mol. The first-order valence-corrected chi connectivity index (χ1v) is 5.98. The van der Waals surface area contributed by atoms with Crippen LogP contribution in [0.2, 0.25) is 0 Å². The molecule has 0 aromatic carbocycles. The maximum absolute atomic E-state index is 10.6. The first-order chi connectivity index (χ1) is 8.18. The van der Waals surface area contributed by atoms with Gasteiger partial charge in [0.05, 0.1) is 18.5 Å².